The first-order chi connectivity index (χ1) is 8.86. The lowest BCUT2D eigenvalue weighted by Crippen LogP contribution is -2.23. The van der Waals surface area contributed by atoms with Crippen molar-refractivity contribution in [2.75, 3.05) is 7.11 Å². The molecule has 1 aromatic rings. The summed E-state index contributed by atoms with van der Waals surface area (Å²) in [7, 11) is 1.11. The van der Waals surface area contributed by atoms with Crippen LogP contribution < -0.4 is 0 Å². The molecular formula is C11H12FNO6. The molecule has 1 rings (SSSR count). The highest BCUT2D eigenvalue weighted by atomic mass is 19.1. The summed E-state index contributed by atoms with van der Waals surface area (Å²) in [6.45, 7) is 0. The Labute approximate surface area is 107 Å². The van der Waals surface area contributed by atoms with Crippen LogP contribution in [0.5, 0.6) is 0 Å². The number of aromatic carboxylic acids is 1. The van der Waals surface area contributed by atoms with Crippen LogP contribution in [0, 0.1) is 5.95 Å². The summed E-state index contributed by atoms with van der Waals surface area (Å²) in [5.41, 5.74) is -0.850. The largest absolute Gasteiger partial charge is 0.478 e. The van der Waals surface area contributed by atoms with Crippen molar-refractivity contribution >= 4 is 11.9 Å². The van der Waals surface area contributed by atoms with Crippen molar-refractivity contribution in [3.8, 4) is 0 Å². The smallest absolute Gasteiger partial charge is 0.340 e. The van der Waals surface area contributed by atoms with Crippen LogP contribution >= 0.6 is 0 Å². The molecule has 0 saturated heterocycles. The Morgan fingerprint density at radius 3 is 2.63 bits per heavy atom. The highest BCUT2D eigenvalue weighted by molar-refractivity contribution is 5.87. The van der Waals surface area contributed by atoms with Crippen molar-refractivity contribution in [2.45, 2.75) is 18.6 Å². The van der Waals surface area contributed by atoms with E-state index in [-0.39, 0.29) is 5.56 Å². The molecule has 0 amide bonds. The maximum absolute atomic E-state index is 13.0. The average Bonchev–Trinajstić information content (AvgIpc) is 2.37. The molecule has 1 aromatic heterocycles. The lowest BCUT2D eigenvalue weighted by atomic mass is 10.0. The standard InChI is InChI=1S/C11H12FNO6/c1-19-8(15)3-7(14)9(16)5-2-6(11(17)18)10(12)13-4-5/h2,4,7,9,14,16H,3H2,1H3,(H,17,18). The molecule has 0 radical (unpaired) electrons. The Balaban J connectivity index is 2.93. The number of aliphatic hydroxyl groups is 2. The summed E-state index contributed by atoms with van der Waals surface area (Å²) in [5.74, 6) is -3.51. The predicted molar refractivity (Wildman–Crippen MR) is 58.8 cm³/mol. The van der Waals surface area contributed by atoms with Crippen LogP contribution in [0.2, 0.25) is 0 Å². The van der Waals surface area contributed by atoms with E-state index in [1.54, 1.807) is 0 Å². The van der Waals surface area contributed by atoms with Gasteiger partial charge in [0.15, 0.2) is 0 Å². The van der Waals surface area contributed by atoms with Gasteiger partial charge in [-0.15, -0.1) is 0 Å². The molecule has 2 unspecified atom stereocenters. The minimum Gasteiger partial charge on any atom is -0.478 e. The molecule has 0 aliphatic rings. The van der Waals surface area contributed by atoms with E-state index in [1.165, 1.54) is 0 Å². The highest BCUT2D eigenvalue weighted by Crippen LogP contribution is 2.20. The van der Waals surface area contributed by atoms with Gasteiger partial charge in [-0.3, -0.25) is 4.79 Å². The fraction of sp³-hybridized carbons (Fsp3) is 0.364. The van der Waals surface area contributed by atoms with E-state index in [0.29, 0.717) is 0 Å². The zero-order valence-electron chi connectivity index (χ0n) is 9.91. The van der Waals surface area contributed by atoms with Gasteiger partial charge in [-0.2, -0.15) is 4.39 Å². The molecule has 1 heterocycles. The number of nitrogens with zero attached hydrogens (tertiary/aromatic N) is 1. The summed E-state index contributed by atoms with van der Waals surface area (Å²) in [6.07, 6.45) is -2.70. The number of carboxylic acid groups (broad SMARTS) is 1. The van der Waals surface area contributed by atoms with Crippen molar-refractivity contribution in [1.82, 2.24) is 4.98 Å². The Morgan fingerprint density at radius 2 is 2.11 bits per heavy atom. The number of halogens is 1. The van der Waals surface area contributed by atoms with Gasteiger partial charge in [0.2, 0.25) is 5.95 Å². The number of methoxy groups -OCH3 is 1. The third-order valence-electron chi connectivity index (χ3n) is 2.40. The van der Waals surface area contributed by atoms with Gasteiger partial charge in [0.25, 0.3) is 0 Å². The van der Waals surface area contributed by atoms with Gasteiger partial charge in [-0.05, 0) is 6.07 Å². The normalized spacial score (nSPS) is 13.7. The minimum absolute atomic E-state index is 0.116. The van der Waals surface area contributed by atoms with Crippen LogP contribution in [0.4, 0.5) is 4.39 Å². The molecule has 0 spiro atoms. The zero-order chi connectivity index (χ0) is 14.6. The molecule has 2 atom stereocenters. The predicted octanol–water partition coefficient (Wildman–Crippen LogP) is -0.124. The topological polar surface area (TPSA) is 117 Å². The Bertz CT molecular complexity index is 492. The van der Waals surface area contributed by atoms with Crippen molar-refractivity contribution in [3.05, 3.63) is 29.3 Å². The summed E-state index contributed by atoms with van der Waals surface area (Å²) in [4.78, 5) is 24.8. The second-order valence-corrected chi connectivity index (χ2v) is 3.70. The third kappa shape index (κ3) is 3.70. The number of ether oxygens (including phenoxy) is 1. The SMILES string of the molecule is COC(=O)CC(O)C(O)c1cnc(F)c(C(=O)O)c1. The van der Waals surface area contributed by atoms with E-state index in [4.69, 9.17) is 5.11 Å². The van der Waals surface area contributed by atoms with Gasteiger partial charge in [0, 0.05) is 11.8 Å². The number of hydrogen-bond acceptors (Lipinski definition) is 6. The Morgan fingerprint density at radius 1 is 1.47 bits per heavy atom. The van der Waals surface area contributed by atoms with Crippen LogP contribution in [0.15, 0.2) is 12.3 Å². The van der Waals surface area contributed by atoms with E-state index in [1.807, 2.05) is 0 Å². The van der Waals surface area contributed by atoms with Crippen molar-refractivity contribution in [2.24, 2.45) is 0 Å². The molecule has 0 aliphatic carbocycles. The number of aromatic nitrogens is 1. The lowest BCUT2D eigenvalue weighted by molar-refractivity contribution is -0.144. The van der Waals surface area contributed by atoms with Gasteiger partial charge in [-0.1, -0.05) is 0 Å². The van der Waals surface area contributed by atoms with Crippen LogP contribution in [0.3, 0.4) is 0 Å². The van der Waals surface area contributed by atoms with Crippen LogP contribution in [-0.4, -0.2) is 45.5 Å². The fourth-order valence-electron chi connectivity index (χ4n) is 1.36. The number of esters is 1. The lowest BCUT2D eigenvalue weighted by Gasteiger charge is -2.17. The van der Waals surface area contributed by atoms with E-state index >= 15 is 0 Å². The van der Waals surface area contributed by atoms with Gasteiger partial charge in [0.05, 0.1) is 19.6 Å². The van der Waals surface area contributed by atoms with Crippen LogP contribution in [0.25, 0.3) is 0 Å². The molecule has 8 heteroatoms. The van der Waals surface area contributed by atoms with E-state index in [2.05, 4.69) is 9.72 Å². The Kier molecular flexibility index (Phi) is 4.90. The summed E-state index contributed by atoms with van der Waals surface area (Å²) < 4.78 is 17.3. The van der Waals surface area contributed by atoms with E-state index < -0.39 is 42.1 Å². The van der Waals surface area contributed by atoms with Crippen molar-refractivity contribution in [3.63, 3.8) is 0 Å². The van der Waals surface area contributed by atoms with Crippen LogP contribution in [-0.2, 0) is 9.53 Å². The maximum Gasteiger partial charge on any atom is 0.340 e. The first kappa shape index (κ1) is 15.0. The molecule has 0 bridgehead atoms. The summed E-state index contributed by atoms with van der Waals surface area (Å²) in [6, 6.07) is 0.843. The molecule has 0 aliphatic heterocycles. The van der Waals surface area contributed by atoms with Gasteiger partial charge in [0.1, 0.15) is 11.7 Å². The van der Waals surface area contributed by atoms with Crippen LogP contribution in [0.1, 0.15) is 28.4 Å². The second-order valence-electron chi connectivity index (χ2n) is 3.70. The number of carbonyl (C=O) groups is 2. The number of hydrogen-bond donors (Lipinski definition) is 3. The van der Waals surface area contributed by atoms with Crippen molar-refractivity contribution in [1.29, 1.82) is 0 Å². The number of pyridine rings is 1. The Hall–Kier alpha value is -2.06. The molecule has 0 saturated carbocycles. The minimum atomic E-state index is -1.58. The number of rotatable bonds is 5. The third-order valence-corrected chi connectivity index (χ3v) is 2.40. The van der Waals surface area contributed by atoms with Gasteiger partial charge < -0.3 is 20.1 Å². The second kappa shape index (κ2) is 6.21. The zero-order valence-corrected chi connectivity index (χ0v) is 9.91. The molecule has 7 nitrogen and oxygen atoms in total. The first-order valence-electron chi connectivity index (χ1n) is 5.18. The fourth-order valence-corrected chi connectivity index (χ4v) is 1.36. The molecule has 3 N–H and O–H groups in total. The highest BCUT2D eigenvalue weighted by Gasteiger charge is 2.24. The molecule has 104 valence electrons. The van der Waals surface area contributed by atoms with E-state index in [0.717, 1.165) is 19.4 Å². The van der Waals surface area contributed by atoms with Gasteiger partial charge in [-0.25, -0.2) is 9.78 Å². The molecular weight excluding hydrogens is 261 g/mol. The van der Waals surface area contributed by atoms with E-state index in [9.17, 15) is 24.2 Å². The molecule has 0 aromatic carbocycles. The summed E-state index contributed by atoms with van der Waals surface area (Å²) >= 11 is 0. The average molecular weight is 273 g/mol. The molecule has 0 fully saturated rings. The first-order valence-corrected chi connectivity index (χ1v) is 5.18. The number of carboxylic acids is 1. The number of carbonyl (C=O) groups excluding carboxylic acids is 1. The monoisotopic (exact) mass is 273 g/mol. The van der Waals surface area contributed by atoms with Crippen molar-refractivity contribution < 1.29 is 34.0 Å². The maximum atomic E-state index is 13.0. The van der Waals surface area contributed by atoms with Gasteiger partial charge >= 0.3 is 11.9 Å². The number of aliphatic hydroxyl groups excluding tert-OH is 2. The quantitative estimate of drug-likeness (QED) is 0.505. The summed E-state index contributed by atoms with van der Waals surface area (Å²) in [5, 5.41) is 28.0. The molecule has 19 heavy (non-hydrogen) atoms.